The van der Waals surface area contributed by atoms with Crippen LogP contribution in [0.5, 0.6) is 11.5 Å². The average molecular weight is 452 g/mol. The number of dihydropyridines is 1. The minimum atomic E-state index is -0.231. The minimum absolute atomic E-state index is 0.187. The van der Waals surface area contributed by atoms with Gasteiger partial charge >= 0.3 is 0 Å². The summed E-state index contributed by atoms with van der Waals surface area (Å²) in [6.45, 7) is 10.3. The number of allylic oxidation sites excluding steroid dienone is 1. The van der Waals surface area contributed by atoms with Gasteiger partial charge in [0.15, 0.2) is 0 Å². The van der Waals surface area contributed by atoms with E-state index in [1.165, 1.54) is 5.56 Å². The lowest BCUT2D eigenvalue weighted by Gasteiger charge is -2.44. The summed E-state index contributed by atoms with van der Waals surface area (Å²) in [6.07, 6.45) is 9.76. The molecule has 3 heterocycles. The monoisotopic (exact) mass is 451 g/mol. The van der Waals surface area contributed by atoms with E-state index >= 15 is 0 Å². The fourth-order valence-electron chi connectivity index (χ4n) is 5.14. The first kappa shape index (κ1) is 23.4. The first-order chi connectivity index (χ1) is 15.9. The van der Waals surface area contributed by atoms with Gasteiger partial charge in [0.1, 0.15) is 23.4 Å². The van der Waals surface area contributed by atoms with E-state index in [0.717, 1.165) is 55.4 Å². The summed E-state index contributed by atoms with van der Waals surface area (Å²) >= 11 is 0. The van der Waals surface area contributed by atoms with Crippen LogP contribution in [0.1, 0.15) is 39.2 Å². The van der Waals surface area contributed by atoms with E-state index < -0.39 is 0 Å². The molecule has 2 aliphatic heterocycles. The van der Waals surface area contributed by atoms with E-state index in [9.17, 15) is 0 Å². The Bertz CT molecular complexity index is 965. The summed E-state index contributed by atoms with van der Waals surface area (Å²) in [4.78, 5) is 6.93. The second-order valence-corrected chi connectivity index (χ2v) is 9.18. The Morgan fingerprint density at radius 1 is 1.06 bits per heavy atom. The molecule has 0 saturated carbocycles. The normalized spacial score (nSPS) is 24.0. The predicted octanol–water partition coefficient (Wildman–Crippen LogP) is 3.70. The Kier molecular flexibility index (Phi) is 7.10. The molecule has 2 unspecified atom stereocenters. The molecule has 2 aromatic rings. The number of nitrogens with two attached hydrogens (primary N) is 2. The van der Waals surface area contributed by atoms with Crippen molar-refractivity contribution in [3.05, 3.63) is 54.0 Å². The van der Waals surface area contributed by atoms with Gasteiger partial charge < -0.3 is 25.5 Å². The van der Waals surface area contributed by atoms with Crippen molar-refractivity contribution in [3.63, 3.8) is 0 Å². The zero-order valence-electron chi connectivity index (χ0n) is 20.0. The van der Waals surface area contributed by atoms with E-state index in [0.29, 0.717) is 19.1 Å². The number of benzene rings is 1. The van der Waals surface area contributed by atoms with Gasteiger partial charge in [0, 0.05) is 36.3 Å². The van der Waals surface area contributed by atoms with Crippen molar-refractivity contribution in [2.45, 2.75) is 46.3 Å². The van der Waals surface area contributed by atoms with Gasteiger partial charge in [0.2, 0.25) is 0 Å². The lowest BCUT2D eigenvalue weighted by molar-refractivity contribution is 0.0973. The van der Waals surface area contributed by atoms with Crippen LogP contribution in [0.2, 0.25) is 0 Å². The summed E-state index contributed by atoms with van der Waals surface area (Å²) in [7, 11) is 0. The second-order valence-electron chi connectivity index (χ2n) is 9.18. The summed E-state index contributed by atoms with van der Waals surface area (Å²) < 4.78 is 14.1. The molecule has 178 valence electrons. The molecule has 33 heavy (non-hydrogen) atoms. The Morgan fingerprint density at radius 2 is 1.67 bits per heavy atom. The SMILES string of the molecule is CCOc1cc(CN2CCC(C3(C)C=C(N)C=NC3N)CC2)cc(OCC)c1-n1cccc1. The third-order valence-electron chi connectivity index (χ3n) is 6.93. The number of ether oxygens (including phenoxy) is 2. The Labute approximate surface area is 197 Å². The molecule has 2 aliphatic rings. The van der Waals surface area contributed by atoms with Crippen molar-refractivity contribution < 1.29 is 9.47 Å². The highest BCUT2D eigenvalue weighted by atomic mass is 16.5. The maximum absolute atomic E-state index is 6.37. The zero-order valence-corrected chi connectivity index (χ0v) is 20.0. The molecular weight excluding hydrogens is 414 g/mol. The molecule has 0 aliphatic carbocycles. The van der Waals surface area contributed by atoms with Gasteiger partial charge in [-0.2, -0.15) is 0 Å². The van der Waals surface area contributed by atoms with Gasteiger partial charge in [0.05, 0.1) is 13.2 Å². The zero-order chi connectivity index (χ0) is 23.4. The highest BCUT2D eigenvalue weighted by molar-refractivity contribution is 5.78. The standard InChI is InChI=1S/C26H37N5O2/c1-4-32-22-14-19(15-23(33-5-2)24(22)31-10-6-7-11-31)18-30-12-8-20(9-13-30)26(3)16-21(27)17-29-25(26)28/h6-7,10-11,14-17,20,25H,4-5,8-9,12-13,18,27-28H2,1-3H3. The molecule has 0 amide bonds. The molecule has 0 bridgehead atoms. The number of piperidine rings is 1. The summed E-state index contributed by atoms with van der Waals surface area (Å²) in [5, 5.41) is 0. The van der Waals surface area contributed by atoms with Crippen LogP contribution in [-0.2, 0) is 6.54 Å². The topological polar surface area (TPSA) is 91.0 Å². The number of aliphatic imine (C=N–C) groups is 1. The molecule has 7 heteroatoms. The number of hydrogen-bond donors (Lipinski definition) is 2. The fraction of sp³-hybridized carbons (Fsp3) is 0.500. The Hall–Kier alpha value is -2.77. The Balaban J connectivity index is 1.50. The molecule has 4 N–H and O–H groups in total. The predicted molar refractivity (Wildman–Crippen MR) is 133 cm³/mol. The van der Waals surface area contributed by atoms with Crippen LogP contribution in [0.15, 0.2) is 53.4 Å². The number of hydrogen-bond acceptors (Lipinski definition) is 6. The maximum atomic E-state index is 6.37. The average Bonchev–Trinajstić information content (AvgIpc) is 3.32. The second kappa shape index (κ2) is 10.0. The molecule has 0 radical (unpaired) electrons. The van der Waals surface area contributed by atoms with Crippen molar-refractivity contribution in [3.8, 4) is 17.2 Å². The van der Waals surface area contributed by atoms with Gasteiger partial charge in [-0.05, 0) is 75.5 Å². The van der Waals surface area contributed by atoms with Gasteiger partial charge in [-0.25, -0.2) is 0 Å². The summed E-state index contributed by atoms with van der Waals surface area (Å²) in [5.74, 6) is 2.17. The van der Waals surface area contributed by atoms with E-state index in [4.69, 9.17) is 20.9 Å². The van der Waals surface area contributed by atoms with E-state index in [1.807, 2.05) is 38.4 Å². The molecule has 1 aromatic carbocycles. The summed E-state index contributed by atoms with van der Waals surface area (Å²) in [5.41, 5.74) is 15.1. The molecule has 4 rings (SSSR count). The van der Waals surface area contributed by atoms with E-state index in [1.54, 1.807) is 6.21 Å². The van der Waals surface area contributed by atoms with Gasteiger partial charge in [-0.15, -0.1) is 0 Å². The van der Waals surface area contributed by atoms with E-state index in [-0.39, 0.29) is 11.6 Å². The van der Waals surface area contributed by atoms with Crippen LogP contribution < -0.4 is 20.9 Å². The van der Waals surface area contributed by atoms with Crippen LogP contribution in [0.4, 0.5) is 0 Å². The van der Waals surface area contributed by atoms with Crippen LogP contribution in [0, 0.1) is 11.3 Å². The molecule has 0 spiro atoms. The lowest BCUT2D eigenvalue weighted by atomic mass is 9.69. The van der Waals surface area contributed by atoms with Crippen LogP contribution >= 0.6 is 0 Å². The highest BCUT2D eigenvalue weighted by Gasteiger charge is 2.41. The lowest BCUT2D eigenvalue weighted by Crippen LogP contribution is -2.48. The molecule has 7 nitrogen and oxygen atoms in total. The van der Waals surface area contributed by atoms with Gasteiger partial charge in [-0.3, -0.25) is 9.89 Å². The number of aromatic nitrogens is 1. The first-order valence-corrected chi connectivity index (χ1v) is 12.0. The van der Waals surface area contributed by atoms with Gasteiger partial charge in [-0.1, -0.05) is 13.0 Å². The van der Waals surface area contributed by atoms with Crippen LogP contribution in [-0.4, -0.2) is 48.2 Å². The number of rotatable bonds is 8. The van der Waals surface area contributed by atoms with Crippen molar-refractivity contribution in [1.29, 1.82) is 0 Å². The smallest absolute Gasteiger partial charge is 0.147 e. The Morgan fingerprint density at radius 3 is 2.24 bits per heavy atom. The third-order valence-corrected chi connectivity index (χ3v) is 6.93. The van der Waals surface area contributed by atoms with Crippen molar-refractivity contribution in [2.75, 3.05) is 26.3 Å². The van der Waals surface area contributed by atoms with Crippen LogP contribution in [0.3, 0.4) is 0 Å². The molecular formula is C26H37N5O2. The summed E-state index contributed by atoms with van der Waals surface area (Å²) in [6, 6.07) is 8.33. The minimum Gasteiger partial charge on any atom is -0.492 e. The molecule has 1 fully saturated rings. The quantitative estimate of drug-likeness (QED) is 0.639. The third kappa shape index (κ3) is 4.94. The first-order valence-electron chi connectivity index (χ1n) is 12.0. The van der Waals surface area contributed by atoms with E-state index in [2.05, 4.69) is 39.6 Å². The molecule has 2 atom stereocenters. The highest BCUT2D eigenvalue weighted by Crippen LogP contribution is 2.41. The van der Waals surface area contributed by atoms with Crippen molar-refractivity contribution in [2.24, 2.45) is 27.8 Å². The van der Waals surface area contributed by atoms with Crippen LogP contribution in [0.25, 0.3) is 5.69 Å². The van der Waals surface area contributed by atoms with Crippen molar-refractivity contribution in [1.82, 2.24) is 9.47 Å². The number of nitrogens with zero attached hydrogens (tertiary/aromatic N) is 3. The van der Waals surface area contributed by atoms with Gasteiger partial charge in [0.25, 0.3) is 0 Å². The maximum Gasteiger partial charge on any atom is 0.147 e. The molecule has 1 saturated heterocycles. The largest absolute Gasteiger partial charge is 0.492 e. The molecule has 1 aromatic heterocycles. The fourth-order valence-corrected chi connectivity index (χ4v) is 5.14. The van der Waals surface area contributed by atoms with Crippen molar-refractivity contribution >= 4 is 6.21 Å². The number of likely N-dealkylation sites (tertiary alicyclic amines) is 1.